The van der Waals surface area contributed by atoms with Crippen LogP contribution >= 0.6 is 11.3 Å². The van der Waals surface area contributed by atoms with Gasteiger partial charge in [-0.05, 0) is 68.4 Å². The van der Waals surface area contributed by atoms with Crippen molar-refractivity contribution in [2.24, 2.45) is 5.41 Å². The Balaban J connectivity index is 1.48. The van der Waals surface area contributed by atoms with Gasteiger partial charge in [-0.3, -0.25) is 4.79 Å². The molecule has 5 nitrogen and oxygen atoms in total. The third kappa shape index (κ3) is 3.91. The number of ether oxygens (including phenoxy) is 1. The highest BCUT2D eigenvalue weighted by Gasteiger charge is 2.41. The Morgan fingerprint density at radius 2 is 2.15 bits per heavy atom. The maximum Gasteiger partial charge on any atom is 0.350 e. The number of anilines is 1. The van der Waals surface area contributed by atoms with Crippen molar-refractivity contribution < 1.29 is 14.3 Å². The van der Waals surface area contributed by atoms with Crippen LogP contribution in [0.4, 0.5) is 5.69 Å². The zero-order chi connectivity index (χ0) is 18.9. The SMILES string of the molecule is COC(=O)c1sc(C2=CCCCC2)cc1NC1CCC2(CC1)CNC(=O)C2. The summed E-state index contributed by atoms with van der Waals surface area (Å²) in [6, 6.07) is 2.48. The lowest BCUT2D eigenvalue weighted by Gasteiger charge is -2.36. The van der Waals surface area contributed by atoms with E-state index in [2.05, 4.69) is 22.8 Å². The summed E-state index contributed by atoms with van der Waals surface area (Å²) in [4.78, 5) is 25.8. The number of esters is 1. The summed E-state index contributed by atoms with van der Waals surface area (Å²) in [6.45, 7) is 0.822. The van der Waals surface area contributed by atoms with E-state index in [-0.39, 0.29) is 17.3 Å². The summed E-state index contributed by atoms with van der Waals surface area (Å²) < 4.78 is 5.02. The Morgan fingerprint density at radius 1 is 1.33 bits per heavy atom. The Hall–Kier alpha value is -1.82. The van der Waals surface area contributed by atoms with Gasteiger partial charge in [0.15, 0.2) is 0 Å². The predicted molar refractivity (Wildman–Crippen MR) is 108 cm³/mol. The van der Waals surface area contributed by atoms with Crippen molar-refractivity contribution in [3.8, 4) is 0 Å². The molecular formula is C21H28N2O3S. The molecular weight excluding hydrogens is 360 g/mol. The van der Waals surface area contributed by atoms with Crippen LogP contribution in [0, 0.1) is 5.41 Å². The minimum Gasteiger partial charge on any atom is -0.465 e. The van der Waals surface area contributed by atoms with Crippen LogP contribution in [0.25, 0.3) is 5.57 Å². The fourth-order valence-corrected chi connectivity index (χ4v) is 5.77. The van der Waals surface area contributed by atoms with Gasteiger partial charge < -0.3 is 15.4 Å². The topological polar surface area (TPSA) is 67.4 Å². The lowest BCUT2D eigenvalue weighted by Crippen LogP contribution is -2.35. The summed E-state index contributed by atoms with van der Waals surface area (Å²) in [6.07, 6.45) is 11.8. The van der Waals surface area contributed by atoms with Crippen LogP contribution in [0.15, 0.2) is 12.1 Å². The van der Waals surface area contributed by atoms with Gasteiger partial charge in [0.2, 0.25) is 5.91 Å². The van der Waals surface area contributed by atoms with Gasteiger partial charge in [-0.15, -0.1) is 11.3 Å². The molecule has 0 radical (unpaired) electrons. The molecule has 1 saturated heterocycles. The first-order chi connectivity index (χ1) is 13.1. The number of thiophene rings is 1. The molecule has 146 valence electrons. The van der Waals surface area contributed by atoms with Gasteiger partial charge in [-0.1, -0.05) is 6.08 Å². The number of carbonyl (C=O) groups excluding carboxylic acids is 2. The Labute approximate surface area is 164 Å². The van der Waals surface area contributed by atoms with E-state index in [9.17, 15) is 9.59 Å². The minimum absolute atomic E-state index is 0.160. The third-order valence-corrected chi connectivity index (χ3v) is 7.50. The standard InChI is InChI=1S/C21H28N2O3S/c1-26-20(25)19-16(11-17(27-19)14-5-3-2-4-6-14)23-15-7-9-21(10-8-15)12-18(24)22-13-21/h5,11,15,23H,2-4,6-10,12-13H2,1H3,(H,22,24). The number of amides is 1. The van der Waals surface area contributed by atoms with E-state index in [4.69, 9.17) is 4.74 Å². The Kier molecular flexibility index (Phi) is 5.26. The Morgan fingerprint density at radius 3 is 2.78 bits per heavy atom. The lowest BCUT2D eigenvalue weighted by molar-refractivity contribution is -0.119. The number of hydrogen-bond donors (Lipinski definition) is 2. The van der Waals surface area contributed by atoms with E-state index in [1.165, 1.54) is 30.4 Å². The summed E-state index contributed by atoms with van der Waals surface area (Å²) in [5.74, 6) is -0.0688. The molecule has 3 aliphatic rings. The first-order valence-corrected chi connectivity index (χ1v) is 10.8. The van der Waals surface area contributed by atoms with Crippen LogP contribution < -0.4 is 10.6 Å². The normalized spacial score (nSPS) is 28.0. The summed E-state index contributed by atoms with van der Waals surface area (Å²) in [5.41, 5.74) is 2.44. The number of nitrogens with one attached hydrogen (secondary N) is 2. The molecule has 2 fully saturated rings. The fraction of sp³-hybridized carbons (Fsp3) is 0.619. The molecule has 1 amide bonds. The second-order valence-electron chi connectivity index (χ2n) is 8.19. The minimum atomic E-state index is -0.261. The second-order valence-corrected chi connectivity index (χ2v) is 9.24. The maximum atomic E-state index is 12.3. The number of carbonyl (C=O) groups is 2. The van der Waals surface area contributed by atoms with Crippen LogP contribution in [0.3, 0.4) is 0 Å². The summed E-state index contributed by atoms with van der Waals surface area (Å²) >= 11 is 1.55. The molecule has 0 bridgehead atoms. The first kappa shape index (κ1) is 18.5. The van der Waals surface area contributed by atoms with E-state index >= 15 is 0 Å². The number of rotatable bonds is 4. The number of methoxy groups -OCH3 is 1. The van der Waals surface area contributed by atoms with E-state index in [0.717, 1.165) is 50.8 Å². The number of hydrogen-bond acceptors (Lipinski definition) is 5. The molecule has 1 aromatic heterocycles. The molecule has 2 N–H and O–H groups in total. The van der Waals surface area contributed by atoms with Gasteiger partial charge in [0.05, 0.1) is 12.8 Å². The van der Waals surface area contributed by atoms with Gasteiger partial charge in [0.1, 0.15) is 4.88 Å². The average Bonchev–Trinajstić information content (AvgIpc) is 3.28. The molecule has 1 saturated carbocycles. The molecule has 2 aliphatic carbocycles. The van der Waals surface area contributed by atoms with Gasteiger partial charge in [-0.2, -0.15) is 0 Å². The molecule has 1 aromatic rings. The van der Waals surface area contributed by atoms with Crippen molar-refractivity contribution in [2.45, 2.75) is 63.8 Å². The van der Waals surface area contributed by atoms with Gasteiger partial charge in [0.25, 0.3) is 0 Å². The fourth-order valence-electron chi connectivity index (χ4n) is 4.66. The monoisotopic (exact) mass is 388 g/mol. The van der Waals surface area contributed by atoms with E-state index in [1.807, 2.05) is 0 Å². The van der Waals surface area contributed by atoms with Crippen LogP contribution in [0.2, 0.25) is 0 Å². The van der Waals surface area contributed by atoms with Crippen LogP contribution in [0.1, 0.15) is 72.3 Å². The summed E-state index contributed by atoms with van der Waals surface area (Å²) in [5, 5.41) is 6.61. The highest BCUT2D eigenvalue weighted by atomic mass is 32.1. The van der Waals surface area contributed by atoms with E-state index in [0.29, 0.717) is 17.3 Å². The molecule has 0 aromatic carbocycles. The molecule has 6 heteroatoms. The predicted octanol–water partition coefficient (Wildman–Crippen LogP) is 4.35. The first-order valence-electron chi connectivity index (χ1n) is 10.0. The van der Waals surface area contributed by atoms with Crippen molar-refractivity contribution in [2.75, 3.05) is 19.0 Å². The highest BCUT2D eigenvalue weighted by molar-refractivity contribution is 7.15. The van der Waals surface area contributed by atoms with Crippen molar-refractivity contribution in [1.82, 2.24) is 5.32 Å². The highest BCUT2D eigenvalue weighted by Crippen LogP contribution is 2.43. The zero-order valence-electron chi connectivity index (χ0n) is 15.9. The zero-order valence-corrected chi connectivity index (χ0v) is 16.8. The molecule has 1 aliphatic heterocycles. The number of allylic oxidation sites excluding steroid dienone is 2. The molecule has 1 spiro atoms. The third-order valence-electron chi connectivity index (χ3n) is 6.31. The van der Waals surface area contributed by atoms with Crippen LogP contribution in [-0.4, -0.2) is 31.6 Å². The summed E-state index contributed by atoms with van der Waals surface area (Å²) in [7, 11) is 1.44. The van der Waals surface area contributed by atoms with Gasteiger partial charge in [-0.25, -0.2) is 4.79 Å². The molecule has 27 heavy (non-hydrogen) atoms. The largest absolute Gasteiger partial charge is 0.465 e. The van der Waals surface area contributed by atoms with Crippen molar-refractivity contribution in [3.63, 3.8) is 0 Å². The van der Waals surface area contributed by atoms with Crippen molar-refractivity contribution in [1.29, 1.82) is 0 Å². The van der Waals surface area contributed by atoms with Crippen molar-refractivity contribution in [3.05, 3.63) is 21.9 Å². The van der Waals surface area contributed by atoms with E-state index < -0.39 is 0 Å². The maximum absolute atomic E-state index is 12.3. The Bertz CT molecular complexity index is 759. The smallest absolute Gasteiger partial charge is 0.350 e. The average molecular weight is 389 g/mol. The van der Waals surface area contributed by atoms with Crippen molar-refractivity contribution >= 4 is 34.5 Å². The van der Waals surface area contributed by atoms with Crippen LogP contribution in [0.5, 0.6) is 0 Å². The lowest BCUT2D eigenvalue weighted by atomic mass is 9.72. The van der Waals surface area contributed by atoms with Gasteiger partial charge >= 0.3 is 5.97 Å². The molecule has 2 heterocycles. The molecule has 4 rings (SSSR count). The van der Waals surface area contributed by atoms with Gasteiger partial charge in [0, 0.05) is 23.9 Å². The molecule has 0 unspecified atom stereocenters. The molecule has 0 atom stereocenters. The van der Waals surface area contributed by atoms with Crippen LogP contribution in [-0.2, 0) is 9.53 Å². The second kappa shape index (κ2) is 7.66. The van der Waals surface area contributed by atoms with E-state index in [1.54, 1.807) is 11.3 Å². The quantitative estimate of drug-likeness (QED) is 0.753.